The molecule has 2 aromatic rings. The van der Waals surface area contributed by atoms with E-state index in [1.807, 2.05) is 49.9 Å². The number of sulfonamides is 1. The molecule has 6 nitrogen and oxygen atoms in total. The third-order valence-electron chi connectivity index (χ3n) is 5.12. The van der Waals surface area contributed by atoms with Crippen molar-refractivity contribution in [3.05, 3.63) is 54.1 Å². The topological polar surface area (TPSA) is 69.7 Å². The van der Waals surface area contributed by atoms with Gasteiger partial charge in [0.2, 0.25) is 15.9 Å². The molecule has 3 rings (SSSR count). The summed E-state index contributed by atoms with van der Waals surface area (Å²) >= 11 is 0. The number of benzene rings is 2. The van der Waals surface area contributed by atoms with E-state index in [1.54, 1.807) is 18.2 Å². The van der Waals surface area contributed by atoms with Crippen molar-refractivity contribution in [3.63, 3.8) is 0 Å². The third kappa shape index (κ3) is 5.16. The lowest BCUT2D eigenvalue weighted by Crippen LogP contribution is -2.38. The summed E-state index contributed by atoms with van der Waals surface area (Å²) in [7, 11) is -3.51. The van der Waals surface area contributed by atoms with Crippen LogP contribution in [0.4, 0.5) is 11.4 Å². The predicted molar refractivity (Wildman–Crippen MR) is 117 cm³/mol. The summed E-state index contributed by atoms with van der Waals surface area (Å²) in [5.74, 6) is -0.185. The summed E-state index contributed by atoms with van der Waals surface area (Å²) in [4.78, 5) is 14.9. The first kappa shape index (κ1) is 21.3. The lowest BCUT2D eigenvalue weighted by Gasteiger charge is -2.28. The molecule has 0 radical (unpaired) electrons. The Kier molecular flexibility index (Phi) is 6.59. The van der Waals surface area contributed by atoms with E-state index in [0.717, 1.165) is 24.1 Å². The number of anilines is 2. The van der Waals surface area contributed by atoms with Gasteiger partial charge in [-0.1, -0.05) is 23.8 Å². The summed E-state index contributed by atoms with van der Waals surface area (Å²) in [5, 5.41) is 2.85. The molecular weight excluding hydrogens is 386 g/mol. The van der Waals surface area contributed by atoms with Crippen LogP contribution in [0.2, 0.25) is 0 Å². The molecule has 1 aliphatic heterocycles. The van der Waals surface area contributed by atoms with Gasteiger partial charge in [0, 0.05) is 30.5 Å². The van der Waals surface area contributed by atoms with E-state index < -0.39 is 10.0 Å². The molecule has 2 aromatic carbocycles. The van der Waals surface area contributed by atoms with Crippen molar-refractivity contribution >= 4 is 27.3 Å². The first-order chi connectivity index (χ1) is 13.8. The molecule has 0 aromatic heterocycles. The Morgan fingerprint density at radius 2 is 1.76 bits per heavy atom. The van der Waals surface area contributed by atoms with Crippen LogP contribution >= 0.6 is 0 Å². The van der Waals surface area contributed by atoms with Crippen molar-refractivity contribution in [1.82, 2.24) is 4.31 Å². The second kappa shape index (κ2) is 8.97. The lowest BCUT2D eigenvalue weighted by atomic mass is 10.2. The van der Waals surface area contributed by atoms with Crippen LogP contribution < -0.4 is 10.2 Å². The molecule has 0 atom stereocenters. The summed E-state index contributed by atoms with van der Waals surface area (Å²) in [6.45, 7) is 7.40. The van der Waals surface area contributed by atoms with E-state index in [-0.39, 0.29) is 23.4 Å². The van der Waals surface area contributed by atoms with Crippen LogP contribution in [0, 0.1) is 6.92 Å². The second-order valence-electron chi connectivity index (χ2n) is 7.74. The average Bonchev–Trinajstić information content (AvgIpc) is 3.23. The number of rotatable bonds is 7. The minimum Gasteiger partial charge on any atom is -0.360 e. The fourth-order valence-corrected chi connectivity index (χ4v) is 5.04. The lowest BCUT2D eigenvalue weighted by molar-refractivity contribution is -0.115. The van der Waals surface area contributed by atoms with Crippen LogP contribution in [0.1, 0.15) is 32.3 Å². The molecule has 29 heavy (non-hydrogen) atoms. The highest BCUT2D eigenvalue weighted by atomic mass is 32.2. The molecule has 0 unspecified atom stereocenters. The standard InChI is InChI=1S/C22H29N3O3S/c1-17(2)25(20-11-9-18(3)10-12-20)16-22(26)23-19-7-6-8-21(15-19)29(27,28)24-13-4-5-14-24/h6-12,15,17H,4-5,13-14,16H2,1-3H3,(H,23,26). The minimum absolute atomic E-state index is 0.144. The predicted octanol–water partition coefficient (Wildman–Crippen LogP) is 3.63. The molecule has 0 bridgehead atoms. The maximum absolute atomic E-state index is 12.8. The molecule has 1 fully saturated rings. The van der Waals surface area contributed by atoms with Crippen LogP contribution in [0.25, 0.3) is 0 Å². The van der Waals surface area contributed by atoms with Crippen molar-refractivity contribution < 1.29 is 13.2 Å². The molecule has 1 aliphatic rings. The van der Waals surface area contributed by atoms with Crippen LogP contribution in [0.5, 0.6) is 0 Å². The third-order valence-corrected chi connectivity index (χ3v) is 7.02. The van der Waals surface area contributed by atoms with E-state index >= 15 is 0 Å². The van der Waals surface area contributed by atoms with Gasteiger partial charge in [0.1, 0.15) is 0 Å². The van der Waals surface area contributed by atoms with E-state index in [1.165, 1.54) is 10.4 Å². The van der Waals surface area contributed by atoms with Gasteiger partial charge in [-0.2, -0.15) is 4.31 Å². The SMILES string of the molecule is Cc1ccc(N(CC(=O)Nc2cccc(S(=O)(=O)N3CCCC3)c2)C(C)C)cc1. The Balaban J connectivity index is 1.72. The number of aryl methyl sites for hydroxylation is 1. The highest BCUT2D eigenvalue weighted by Crippen LogP contribution is 2.23. The number of nitrogens with one attached hydrogen (secondary N) is 1. The monoisotopic (exact) mass is 415 g/mol. The smallest absolute Gasteiger partial charge is 0.243 e. The fraction of sp³-hybridized carbons (Fsp3) is 0.409. The minimum atomic E-state index is -3.51. The molecule has 7 heteroatoms. The zero-order valence-corrected chi connectivity index (χ0v) is 18.1. The summed E-state index contributed by atoms with van der Waals surface area (Å²) in [5.41, 5.74) is 2.63. The number of hydrogen-bond donors (Lipinski definition) is 1. The Morgan fingerprint density at radius 3 is 2.38 bits per heavy atom. The number of carbonyl (C=O) groups excluding carboxylic acids is 1. The zero-order valence-electron chi connectivity index (χ0n) is 17.3. The van der Waals surface area contributed by atoms with Crippen molar-refractivity contribution in [1.29, 1.82) is 0 Å². The van der Waals surface area contributed by atoms with E-state index in [2.05, 4.69) is 5.32 Å². The molecule has 1 heterocycles. The number of amides is 1. The first-order valence-electron chi connectivity index (χ1n) is 10.0. The molecular formula is C22H29N3O3S. The molecule has 0 spiro atoms. The maximum atomic E-state index is 12.8. The highest BCUT2D eigenvalue weighted by Gasteiger charge is 2.27. The van der Waals surface area contributed by atoms with Crippen molar-refractivity contribution in [2.24, 2.45) is 0 Å². The molecule has 156 valence electrons. The fourth-order valence-electron chi connectivity index (χ4n) is 3.48. The van der Waals surface area contributed by atoms with Crippen molar-refractivity contribution in [3.8, 4) is 0 Å². The van der Waals surface area contributed by atoms with Crippen LogP contribution in [0.15, 0.2) is 53.4 Å². The second-order valence-corrected chi connectivity index (χ2v) is 9.68. The van der Waals surface area contributed by atoms with Crippen LogP contribution in [-0.2, 0) is 14.8 Å². The van der Waals surface area contributed by atoms with Gasteiger partial charge < -0.3 is 10.2 Å². The van der Waals surface area contributed by atoms with Gasteiger partial charge in [0.25, 0.3) is 0 Å². The van der Waals surface area contributed by atoms with Gasteiger partial charge in [-0.25, -0.2) is 8.42 Å². The first-order valence-corrected chi connectivity index (χ1v) is 11.4. The van der Waals surface area contributed by atoms with Gasteiger partial charge in [0.15, 0.2) is 0 Å². The number of hydrogen-bond acceptors (Lipinski definition) is 4. The summed E-state index contributed by atoms with van der Waals surface area (Å²) < 4.78 is 27.0. The van der Waals surface area contributed by atoms with Gasteiger partial charge in [0.05, 0.1) is 11.4 Å². The van der Waals surface area contributed by atoms with E-state index in [4.69, 9.17) is 0 Å². The molecule has 0 aliphatic carbocycles. The highest BCUT2D eigenvalue weighted by molar-refractivity contribution is 7.89. The van der Waals surface area contributed by atoms with Gasteiger partial charge in [-0.05, 0) is 63.9 Å². The molecule has 1 N–H and O–H groups in total. The van der Waals surface area contributed by atoms with Gasteiger partial charge in [-0.15, -0.1) is 0 Å². The van der Waals surface area contributed by atoms with Gasteiger partial charge >= 0.3 is 0 Å². The zero-order chi connectivity index (χ0) is 21.0. The molecule has 1 saturated heterocycles. The summed E-state index contributed by atoms with van der Waals surface area (Å²) in [6, 6.07) is 14.7. The normalized spacial score (nSPS) is 14.9. The van der Waals surface area contributed by atoms with Gasteiger partial charge in [-0.3, -0.25) is 4.79 Å². The Bertz CT molecular complexity index is 950. The number of nitrogens with zero attached hydrogens (tertiary/aromatic N) is 2. The Hall–Kier alpha value is -2.38. The Labute approximate surface area is 173 Å². The average molecular weight is 416 g/mol. The van der Waals surface area contributed by atoms with Crippen LogP contribution in [-0.4, -0.2) is 44.3 Å². The van der Waals surface area contributed by atoms with Crippen molar-refractivity contribution in [2.45, 2.75) is 44.6 Å². The molecule has 1 amide bonds. The largest absolute Gasteiger partial charge is 0.360 e. The van der Waals surface area contributed by atoms with E-state index in [0.29, 0.717) is 18.8 Å². The summed E-state index contributed by atoms with van der Waals surface area (Å²) in [6.07, 6.45) is 1.78. The van der Waals surface area contributed by atoms with Crippen LogP contribution in [0.3, 0.4) is 0 Å². The molecule has 0 saturated carbocycles. The maximum Gasteiger partial charge on any atom is 0.243 e. The van der Waals surface area contributed by atoms with E-state index in [9.17, 15) is 13.2 Å². The van der Waals surface area contributed by atoms with Crippen molar-refractivity contribution in [2.75, 3.05) is 29.9 Å². The number of carbonyl (C=O) groups is 1. The quantitative estimate of drug-likeness (QED) is 0.750. The Morgan fingerprint density at radius 1 is 1.10 bits per heavy atom.